The standard InChI is InChI=1S/C17H18ClNOS/c1-13-7-9-16(10-8-13)21-11-3-6-17(20)19-15-5-2-4-14(18)12-15/h2,4-5,7-10,12H,3,6,11H2,1H3,(H,19,20). The Balaban J connectivity index is 1.68. The van der Waals surface area contributed by atoms with E-state index in [1.807, 2.05) is 12.1 Å². The van der Waals surface area contributed by atoms with Gasteiger partial charge in [0.1, 0.15) is 0 Å². The van der Waals surface area contributed by atoms with Crippen LogP contribution in [0.15, 0.2) is 53.4 Å². The second kappa shape index (κ2) is 8.11. The van der Waals surface area contributed by atoms with Gasteiger partial charge in [-0.15, -0.1) is 11.8 Å². The van der Waals surface area contributed by atoms with Crippen molar-refractivity contribution in [2.24, 2.45) is 0 Å². The third-order valence-electron chi connectivity index (χ3n) is 2.95. The van der Waals surface area contributed by atoms with E-state index in [-0.39, 0.29) is 5.91 Å². The number of benzene rings is 2. The van der Waals surface area contributed by atoms with E-state index < -0.39 is 0 Å². The van der Waals surface area contributed by atoms with Gasteiger partial charge in [-0.2, -0.15) is 0 Å². The summed E-state index contributed by atoms with van der Waals surface area (Å²) >= 11 is 7.66. The molecule has 0 spiro atoms. The Bertz CT molecular complexity index is 598. The van der Waals surface area contributed by atoms with Gasteiger partial charge in [-0.3, -0.25) is 4.79 Å². The summed E-state index contributed by atoms with van der Waals surface area (Å²) in [6.45, 7) is 2.08. The summed E-state index contributed by atoms with van der Waals surface area (Å²) in [6, 6.07) is 15.6. The number of aryl methyl sites for hydroxylation is 1. The first-order chi connectivity index (χ1) is 10.1. The van der Waals surface area contributed by atoms with Gasteiger partial charge in [0.15, 0.2) is 0 Å². The van der Waals surface area contributed by atoms with Crippen LogP contribution in [0.3, 0.4) is 0 Å². The summed E-state index contributed by atoms with van der Waals surface area (Å²) in [7, 11) is 0. The van der Waals surface area contributed by atoms with Crippen molar-refractivity contribution in [1.82, 2.24) is 0 Å². The van der Waals surface area contributed by atoms with Gasteiger partial charge in [0.05, 0.1) is 0 Å². The highest BCUT2D eigenvalue weighted by Gasteiger charge is 2.03. The molecule has 1 N–H and O–H groups in total. The van der Waals surface area contributed by atoms with E-state index in [0.29, 0.717) is 11.4 Å². The number of hydrogen-bond donors (Lipinski definition) is 1. The van der Waals surface area contributed by atoms with Gasteiger partial charge in [-0.25, -0.2) is 0 Å². The zero-order chi connectivity index (χ0) is 15.1. The van der Waals surface area contributed by atoms with E-state index in [4.69, 9.17) is 11.6 Å². The molecule has 2 nitrogen and oxygen atoms in total. The molecule has 0 fully saturated rings. The van der Waals surface area contributed by atoms with Gasteiger partial charge in [0.2, 0.25) is 5.91 Å². The summed E-state index contributed by atoms with van der Waals surface area (Å²) in [4.78, 5) is 13.1. The van der Waals surface area contributed by atoms with Crippen LogP contribution in [0.25, 0.3) is 0 Å². The molecular weight excluding hydrogens is 302 g/mol. The highest BCUT2D eigenvalue weighted by Crippen LogP contribution is 2.20. The van der Waals surface area contributed by atoms with Crippen molar-refractivity contribution in [3.8, 4) is 0 Å². The van der Waals surface area contributed by atoms with E-state index in [1.165, 1.54) is 10.5 Å². The van der Waals surface area contributed by atoms with Gasteiger partial charge in [-0.05, 0) is 49.4 Å². The van der Waals surface area contributed by atoms with Crippen LogP contribution >= 0.6 is 23.4 Å². The third-order valence-corrected chi connectivity index (χ3v) is 4.28. The number of rotatable bonds is 6. The third kappa shape index (κ3) is 5.82. The van der Waals surface area contributed by atoms with Gasteiger partial charge >= 0.3 is 0 Å². The molecule has 21 heavy (non-hydrogen) atoms. The lowest BCUT2D eigenvalue weighted by Crippen LogP contribution is -2.11. The summed E-state index contributed by atoms with van der Waals surface area (Å²) in [5, 5.41) is 3.48. The van der Waals surface area contributed by atoms with Crippen LogP contribution in [0.2, 0.25) is 5.02 Å². The lowest BCUT2D eigenvalue weighted by Gasteiger charge is -2.05. The number of nitrogens with one attached hydrogen (secondary N) is 1. The van der Waals surface area contributed by atoms with Crippen LogP contribution in [0, 0.1) is 6.92 Å². The number of carbonyl (C=O) groups is 1. The van der Waals surface area contributed by atoms with Crippen molar-refractivity contribution in [1.29, 1.82) is 0 Å². The maximum Gasteiger partial charge on any atom is 0.224 e. The van der Waals surface area contributed by atoms with Crippen molar-refractivity contribution < 1.29 is 4.79 Å². The van der Waals surface area contributed by atoms with Gasteiger partial charge in [0, 0.05) is 22.0 Å². The average molecular weight is 320 g/mol. The molecule has 0 unspecified atom stereocenters. The fraction of sp³-hybridized carbons (Fsp3) is 0.235. The molecule has 0 aliphatic heterocycles. The van der Waals surface area contributed by atoms with Crippen LogP contribution in [0.5, 0.6) is 0 Å². The molecule has 0 saturated heterocycles. The normalized spacial score (nSPS) is 10.4. The van der Waals surface area contributed by atoms with Gasteiger partial charge in [0.25, 0.3) is 0 Å². The molecule has 2 rings (SSSR count). The van der Waals surface area contributed by atoms with E-state index in [0.717, 1.165) is 17.9 Å². The first kappa shape index (κ1) is 15.9. The quantitative estimate of drug-likeness (QED) is 0.588. The number of amides is 1. The minimum absolute atomic E-state index is 0.0294. The maximum absolute atomic E-state index is 11.8. The molecule has 110 valence electrons. The van der Waals surface area contributed by atoms with E-state index in [2.05, 4.69) is 36.5 Å². The topological polar surface area (TPSA) is 29.1 Å². The molecule has 0 bridgehead atoms. The summed E-state index contributed by atoms with van der Waals surface area (Å²) in [5.74, 6) is 0.966. The van der Waals surface area contributed by atoms with Crippen molar-refractivity contribution >= 4 is 35.0 Å². The van der Waals surface area contributed by atoms with E-state index in [1.54, 1.807) is 23.9 Å². The van der Waals surface area contributed by atoms with Crippen LogP contribution in [0.4, 0.5) is 5.69 Å². The van der Waals surface area contributed by atoms with E-state index >= 15 is 0 Å². The summed E-state index contributed by atoms with van der Waals surface area (Å²) < 4.78 is 0. The van der Waals surface area contributed by atoms with E-state index in [9.17, 15) is 4.79 Å². The Kier molecular flexibility index (Phi) is 6.15. The monoisotopic (exact) mass is 319 g/mol. The largest absolute Gasteiger partial charge is 0.326 e. The Hall–Kier alpha value is -1.45. The second-order valence-electron chi connectivity index (χ2n) is 4.82. The number of thioether (sulfide) groups is 1. The Morgan fingerprint density at radius 3 is 2.67 bits per heavy atom. The molecule has 0 aromatic heterocycles. The number of hydrogen-bond acceptors (Lipinski definition) is 2. The molecule has 0 saturated carbocycles. The maximum atomic E-state index is 11.8. The highest BCUT2D eigenvalue weighted by molar-refractivity contribution is 7.99. The zero-order valence-corrected chi connectivity index (χ0v) is 13.5. The fourth-order valence-corrected chi connectivity index (χ4v) is 2.89. The second-order valence-corrected chi connectivity index (χ2v) is 6.43. The summed E-state index contributed by atoms with van der Waals surface area (Å²) in [6.07, 6.45) is 1.37. The highest BCUT2D eigenvalue weighted by atomic mass is 35.5. The SMILES string of the molecule is Cc1ccc(SCCCC(=O)Nc2cccc(Cl)c2)cc1. The van der Waals surface area contributed by atoms with Crippen LogP contribution in [0.1, 0.15) is 18.4 Å². The fourth-order valence-electron chi connectivity index (χ4n) is 1.85. The van der Waals surface area contributed by atoms with Gasteiger partial charge < -0.3 is 5.32 Å². The Morgan fingerprint density at radius 2 is 1.95 bits per heavy atom. The molecular formula is C17H18ClNOS. The van der Waals surface area contributed by atoms with Crippen LogP contribution < -0.4 is 5.32 Å². The average Bonchev–Trinajstić information content (AvgIpc) is 2.45. The Labute approximate surface area is 134 Å². The van der Waals surface area contributed by atoms with Crippen LogP contribution in [-0.2, 0) is 4.79 Å². The number of anilines is 1. The van der Waals surface area contributed by atoms with Gasteiger partial charge in [-0.1, -0.05) is 35.4 Å². The smallest absolute Gasteiger partial charge is 0.224 e. The summed E-state index contributed by atoms with van der Waals surface area (Å²) in [5.41, 5.74) is 2.01. The molecule has 0 radical (unpaired) electrons. The number of carbonyl (C=O) groups excluding carboxylic acids is 1. The van der Waals surface area contributed by atoms with Crippen molar-refractivity contribution in [2.45, 2.75) is 24.7 Å². The zero-order valence-electron chi connectivity index (χ0n) is 11.9. The Morgan fingerprint density at radius 1 is 1.19 bits per heavy atom. The minimum atomic E-state index is 0.0294. The van der Waals surface area contributed by atoms with Crippen molar-refractivity contribution in [3.05, 3.63) is 59.1 Å². The van der Waals surface area contributed by atoms with Crippen molar-refractivity contribution in [3.63, 3.8) is 0 Å². The first-order valence-electron chi connectivity index (χ1n) is 6.88. The molecule has 0 atom stereocenters. The predicted molar refractivity (Wildman–Crippen MR) is 91.2 cm³/mol. The number of halogens is 1. The molecule has 0 heterocycles. The molecule has 0 aliphatic rings. The lowest BCUT2D eigenvalue weighted by molar-refractivity contribution is -0.116. The predicted octanol–water partition coefficient (Wildman–Crippen LogP) is 5.16. The van der Waals surface area contributed by atoms with Crippen LogP contribution in [-0.4, -0.2) is 11.7 Å². The first-order valence-corrected chi connectivity index (χ1v) is 8.25. The molecule has 4 heteroatoms. The molecule has 2 aromatic rings. The molecule has 0 aliphatic carbocycles. The van der Waals surface area contributed by atoms with Crippen molar-refractivity contribution in [2.75, 3.05) is 11.1 Å². The minimum Gasteiger partial charge on any atom is -0.326 e. The molecule has 1 amide bonds. The lowest BCUT2D eigenvalue weighted by atomic mass is 10.2. The molecule has 2 aromatic carbocycles.